The van der Waals surface area contributed by atoms with Crippen molar-refractivity contribution in [1.29, 1.82) is 0 Å². The van der Waals surface area contributed by atoms with Crippen LogP contribution in [0.15, 0.2) is 61.2 Å². The molecule has 132 valence electrons. The van der Waals surface area contributed by atoms with Gasteiger partial charge in [-0.2, -0.15) is 5.10 Å². The number of nitrogens with zero attached hydrogens (tertiary/aromatic N) is 4. The van der Waals surface area contributed by atoms with Gasteiger partial charge in [-0.05, 0) is 24.3 Å². The Morgan fingerprint density at radius 2 is 2.15 bits per heavy atom. The molecule has 1 fully saturated rings. The maximum Gasteiger partial charge on any atom is 0.254 e. The van der Waals surface area contributed by atoms with Gasteiger partial charge in [0.1, 0.15) is 16.9 Å². The number of aromatic nitrogens is 3. The van der Waals surface area contributed by atoms with Crippen LogP contribution in [0.2, 0.25) is 5.02 Å². The van der Waals surface area contributed by atoms with Crippen molar-refractivity contribution < 1.29 is 9.53 Å². The lowest BCUT2D eigenvalue weighted by molar-refractivity contribution is 0.0772. The summed E-state index contributed by atoms with van der Waals surface area (Å²) in [6.45, 7) is 1.18. The van der Waals surface area contributed by atoms with Gasteiger partial charge < -0.3 is 9.64 Å². The fraction of sp³-hybridized carbons (Fsp3) is 0.211. The molecule has 6 nitrogen and oxygen atoms in total. The summed E-state index contributed by atoms with van der Waals surface area (Å²) in [7, 11) is 0. The Balaban J connectivity index is 1.45. The lowest BCUT2D eigenvalue weighted by atomic mass is 10.2. The van der Waals surface area contributed by atoms with E-state index in [0.29, 0.717) is 29.4 Å². The van der Waals surface area contributed by atoms with Crippen molar-refractivity contribution in [2.75, 3.05) is 13.1 Å². The minimum absolute atomic E-state index is 0.00840. The van der Waals surface area contributed by atoms with Crippen LogP contribution in [0.25, 0.3) is 5.69 Å². The van der Waals surface area contributed by atoms with Crippen LogP contribution >= 0.6 is 11.6 Å². The third-order valence-electron chi connectivity index (χ3n) is 4.32. The van der Waals surface area contributed by atoms with E-state index in [1.807, 2.05) is 41.4 Å². The molecule has 1 amide bonds. The number of rotatable bonds is 4. The Morgan fingerprint density at radius 3 is 2.96 bits per heavy atom. The highest BCUT2D eigenvalue weighted by Gasteiger charge is 2.28. The maximum absolute atomic E-state index is 12.8. The first kappa shape index (κ1) is 16.6. The molecule has 1 saturated heterocycles. The number of halogens is 1. The van der Waals surface area contributed by atoms with Gasteiger partial charge in [0.15, 0.2) is 0 Å². The Hall–Kier alpha value is -2.86. The van der Waals surface area contributed by atoms with E-state index < -0.39 is 0 Å². The van der Waals surface area contributed by atoms with Gasteiger partial charge in [-0.1, -0.05) is 17.7 Å². The first-order valence-electron chi connectivity index (χ1n) is 8.36. The lowest BCUT2D eigenvalue weighted by Crippen LogP contribution is -2.31. The summed E-state index contributed by atoms with van der Waals surface area (Å²) in [6, 6.07) is 11.0. The lowest BCUT2D eigenvalue weighted by Gasteiger charge is -2.18. The Kier molecular flexibility index (Phi) is 4.58. The Labute approximate surface area is 156 Å². The van der Waals surface area contributed by atoms with Crippen molar-refractivity contribution in [2.24, 2.45) is 0 Å². The molecular weight excluding hydrogens is 352 g/mol. The van der Waals surface area contributed by atoms with Gasteiger partial charge in [-0.3, -0.25) is 9.78 Å². The molecule has 0 aliphatic carbocycles. The average molecular weight is 369 g/mol. The number of amides is 1. The summed E-state index contributed by atoms with van der Waals surface area (Å²) in [6.07, 6.45) is 7.44. The summed E-state index contributed by atoms with van der Waals surface area (Å²) in [5.41, 5.74) is 1.50. The highest BCUT2D eigenvalue weighted by molar-refractivity contribution is 6.31. The molecule has 0 spiro atoms. The second-order valence-corrected chi connectivity index (χ2v) is 6.49. The Bertz CT molecular complexity index is 913. The molecule has 0 N–H and O–H groups in total. The standard InChI is InChI=1S/C19H17ClN4O2/c20-17-12-21-8-5-18(17)26-16-6-10-23(13-16)19(25)14-3-1-4-15(11-14)24-9-2-7-22-24/h1-5,7-9,11-12,16H,6,10,13H2/t16-/m1/s1. The van der Waals surface area contributed by atoms with E-state index in [1.165, 1.54) is 0 Å². The molecule has 1 aliphatic heterocycles. The van der Waals surface area contributed by atoms with E-state index in [-0.39, 0.29) is 12.0 Å². The SMILES string of the molecule is O=C(c1cccc(-n2cccn2)c1)N1CC[C@@H](Oc2ccncc2Cl)C1. The van der Waals surface area contributed by atoms with Crippen molar-refractivity contribution in [1.82, 2.24) is 19.7 Å². The van der Waals surface area contributed by atoms with Gasteiger partial charge in [0.25, 0.3) is 5.91 Å². The molecule has 0 unspecified atom stereocenters. The molecule has 4 rings (SSSR count). The highest BCUT2D eigenvalue weighted by atomic mass is 35.5. The van der Waals surface area contributed by atoms with E-state index >= 15 is 0 Å². The van der Waals surface area contributed by atoms with E-state index in [4.69, 9.17) is 16.3 Å². The monoisotopic (exact) mass is 368 g/mol. The zero-order valence-corrected chi connectivity index (χ0v) is 14.7. The van der Waals surface area contributed by atoms with E-state index in [2.05, 4.69) is 10.1 Å². The molecule has 1 atom stereocenters. The minimum atomic E-state index is -0.0758. The van der Waals surface area contributed by atoms with Crippen LogP contribution in [-0.4, -0.2) is 44.8 Å². The van der Waals surface area contributed by atoms with Crippen LogP contribution in [0, 0.1) is 0 Å². The normalized spacial score (nSPS) is 16.7. The number of likely N-dealkylation sites (tertiary alicyclic amines) is 1. The topological polar surface area (TPSA) is 60.2 Å². The second kappa shape index (κ2) is 7.17. The fourth-order valence-electron chi connectivity index (χ4n) is 3.03. The average Bonchev–Trinajstić information content (AvgIpc) is 3.35. The number of benzene rings is 1. The van der Waals surface area contributed by atoms with Gasteiger partial charge in [0.2, 0.25) is 0 Å². The number of carbonyl (C=O) groups is 1. The smallest absolute Gasteiger partial charge is 0.254 e. The summed E-state index contributed by atoms with van der Waals surface area (Å²) >= 11 is 6.09. The summed E-state index contributed by atoms with van der Waals surface area (Å²) in [5.74, 6) is 0.590. The third-order valence-corrected chi connectivity index (χ3v) is 4.61. The molecule has 2 aromatic heterocycles. The second-order valence-electron chi connectivity index (χ2n) is 6.09. The molecular formula is C19H17ClN4O2. The minimum Gasteiger partial charge on any atom is -0.487 e. The zero-order chi connectivity index (χ0) is 17.9. The quantitative estimate of drug-likeness (QED) is 0.709. The fourth-order valence-corrected chi connectivity index (χ4v) is 3.20. The van der Waals surface area contributed by atoms with Crippen molar-refractivity contribution in [2.45, 2.75) is 12.5 Å². The van der Waals surface area contributed by atoms with E-state index in [0.717, 1.165) is 12.1 Å². The molecule has 7 heteroatoms. The Morgan fingerprint density at radius 1 is 1.23 bits per heavy atom. The van der Waals surface area contributed by atoms with Crippen LogP contribution in [0.1, 0.15) is 16.8 Å². The zero-order valence-electron chi connectivity index (χ0n) is 14.0. The predicted octanol–water partition coefficient (Wildman–Crippen LogP) is 3.21. The summed E-state index contributed by atoms with van der Waals surface area (Å²) < 4.78 is 7.66. The molecule has 1 aliphatic rings. The number of pyridine rings is 1. The molecule has 0 saturated carbocycles. The van der Waals surface area contributed by atoms with Crippen LogP contribution < -0.4 is 4.74 Å². The largest absolute Gasteiger partial charge is 0.487 e. The van der Waals surface area contributed by atoms with Gasteiger partial charge in [0.05, 0.1) is 12.2 Å². The van der Waals surface area contributed by atoms with Crippen LogP contribution in [0.5, 0.6) is 5.75 Å². The first-order valence-corrected chi connectivity index (χ1v) is 8.74. The number of ether oxygens (including phenoxy) is 1. The highest BCUT2D eigenvalue weighted by Crippen LogP contribution is 2.26. The van der Waals surface area contributed by atoms with Crippen molar-refractivity contribution >= 4 is 17.5 Å². The molecule has 1 aromatic carbocycles. The van der Waals surface area contributed by atoms with Crippen molar-refractivity contribution in [3.8, 4) is 11.4 Å². The number of carbonyl (C=O) groups excluding carboxylic acids is 1. The predicted molar refractivity (Wildman–Crippen MR) is 97.7 cm³/mol. The molecule has 0 bridgehead atoms. The number of hydrogen-bond acceptors (Lipinski definition) is 4. The summed E-state index contributed by atoms with van der Waals surface area (Å²) in [5, 5.41) is 4.68. The van der Waals surface area contributed by atoms with Gasteiger partial charge in [-0.15, -0.1) is 0 Å². The van der Waals surface area contributed by atoms with Crippen LogP contribution in [0.3, 0.4) is 0 Å². The van der Waals surface area contributed by atoms with E-state index in [9.17, 15) is 4.79 Å². The molecule has 26 heavy (non-hydrogen) atoms. The third kappa shape index (κ3) is 3.41. The molecule has 3 aromatic rings. The summed E-state index contributed by atoms with van der Waals surface area (Å²) in [4.78, 5) is 18.6. The van der Waals surface area contributed by atoms with Crippen LogP contribution in [0.4, 0.5) is 0 Å². The van der Waals surface area contributed by atoms with Crippen LogP contribution in [-0.2, 0) is 0 Å². The van der Waals surface area contributed by atoms with Crippen molar-refractivity contribution in [3.05, 3.63) is 71.8 Å². The van der Waals surface area contributed by atoms with Gasteiger partial charge in [0, 0.05) is 49.4 Å². The van der Waals surface area contributed by atoms with Crippen molar-refractivity contribution in [3.63, 3.8) is 0 Å². The molecule has 3 heterocycles. The number of hydrogen-bond donors (Lipinski definition) is 0. The molecule has 0 radical (unpaired) electrons. The maximum atomic E-state index is 12.8. The van der Waals surface area contributed by atoms with E-state index in [1.54, 1.807) is 29.3 Å². The van der Waals surface area contributed by atoms with Gasteiger partial charge >= 0.3 is 0 Å². The first-order chi connectivity index (χ1) is 12.7. The van der Waals surface area contributed by atoms with Gasteiger partial charge in [-0.25, -0.2) is 4.68 Å².